The van der Waals surface area contributed by atoms with Gasteiger partial charge >= 0.3 is 0 Å². The van der Waals surface area contributed by atoms with Crippen molar-refractivity contribution < 1.29 is 0 Å². The summed E-state index contributed by atoms with van der Waals surface area (Å²) in [5, 5.41) is 0. The smallest absolute Gasteiger partial charge is 0.0652 e. The van der Waals surface area contributed by atoms with Gasteiger partial charge in [0, 0.05) is 24.5 Å². The Hall–Kier alpha value is -2.74. The standard InChI is InChI=1S/C22H24N2/c1-3-23(19-13-7-5-8-14-19)21-17-11-12-18-22(21)24(4-2)20-15-9-6-10-16-20/h5-18H,3-4H2,1-2H3. The fourth-order valence-electron chi connectivity index (χ4n) is 3.12. The molecule has 0 atom stereocenters. The first kappa shape index (κ1) is 16.1. The Morgan fingerprint density at radius 1 is 0.500 bits per heavy atom. The predicted molar refractivity (Wildman–Crippen MR) is 105 cm³/mol. The van der Waals surface area contributed by atoms with Crippen LogP contribution in [0.2, 0.25) is 0 Å². The Morgan fingerprint density at radius 3 is 1.17 bits per heavy atom. The quantitative estimate of drug-likeness (QED) is 0.550. The molecular weight excluding hydrogens is 292 g/mol. The molecular formula is C22H24N2. The molecule has 0 aliphatic heterocycles. The lowest BCUT2D eigenvalue weighted by Crippen LogP contribution is -2.22. The van der Waals surface area contributed by atoms with Gasteiger partial charge in [-0.1, -0.05) is 48.5 Å². The monoisotopic (exact) mass is 316 g/mol. The first-order chi connectivity index (χ1) is 11.8. The second kappa shape index (κ2) is 7.69. The van der Waals surface area contributed by atoms with Gasteiger partial charge in [0.05, 0.1) is 11.4 Å². The van der Waals surface area contributed by atoms with Gasteiger partial charge in [-0.05, 0) is 50.2 Å². The minimum Gasteiger partial charge on any atom is -0.340 e. The maximum absolute atomic E-state index is 2.36. The molecule has 0 aliphatic carbocycles. The molecule has 0 fully saturated rings. The molecule has 0 aliphatic rings. The zero-order valence-electron chi connectivity index (χ0n) is 14.4. The number of hydrogen-bond acceptors (Lipinski definition) is 2. The minimum atomic E-state index is 0.924. The van der Waals surface area contributed by atoms with Crippen LogP contribution >= 0.6 is 0 Å². The second-order valence-corrected chi connectivity index (χ2v) is 5.65. The van der Waals surface area contributed by atoms with Crippen molar-refractivity contribution in [2.75, 3.05) is 22.9 Å². The van der Waals surface area contributed by atoms with Crippen molar-refractivity contribution in [3.8, 4) is 0 Å². The SMILES string of the molecule is CCN(c1ccccc1)c1ccccc1N(CC)c1ccccc1. The van der Waals surface area contributed by atoms with Crippen LogP contribution in [0.5, 0.6) is 0 Å². The third kappa shape index (κ3) is 3.28. The molecule has 2 nitrogen and oxygen atoms in total. The van der Waals surface area contributed by atoms with E-state index in [1.807, 2.05) is 0 Å². The summed E-state index contributed by atoms with van der Waals surface area (Å²) in [6.45, 7) is 6.24. The van der Waals surface area contributed by atoms with Crippen molar-refractivity contribution in [2.45, 2.75) is 13.8 Å². The highest BCUT2D eigenvalue weighted by Gasteiger charge is 2.16. The fourth-order valence-corrected chi connectivity index (χ4v) is 3.12. The Labute approximate surface area is 145 Å². The molecule has 0 unspecified atom stereocenters. The molecule has 0 bridgehead atoms. The van der Waals surface area contributed by atoms with Crippen LogP contribution in [0.25, 0.3) is 0 Å². The highest BCUT2D eigenvalue weighted by molar-refractivity contribution is 5.81. The van der Waals surface area contributed by atoms with Gasteiger partial charge in [-0.25, -0.2) is 0 Å². The summed E-state index contributed by atoms with van der Waals surface area (Å²) < 4.78 is 0. The number of para-hydroxylation sites is 4. The van der Waals surface area contributed by atoms with Gasteiger partial charge in [0.15, 0.2) is 0 Å². The van der Waals surface area contributed by atoms with Crippen LogP contribution in [-0.2, 0) is 0 Å². The highest BCUT2D eigenvalue weighted by atomic mass is 15.2. The molecule has 0 saturated heterocycles. The van der Waals surface area contributed by atoms with Crippen LogP contribution in [-0.4, -0.2) is 13.1 Å². The van der Waals surface area contributed by atoms with Gasteiger partial charge in [0.1, 0.15) is 0 Å². The summed E-state index contributed by atoms with van der Waals surface area (Å²) in [5.41, 5.74) is 4.90. The Balaban J connectivity index is 2.07. The number of nitrogens with zero attached hydrogens (tertiary/aromatic N) is 2. The summed E-state index contributed by atoms with van der Waals surface area (Å²) in [7, 11) is 0. The summed E-state index contributed by atoms with van der Waals surface area (Å²) in [4.78, 5) is 4.72. The zero-order valence-corrected chi connectivity index (χ0v) is 14.4. The lowest BCUT2D eigenvalue weighted by molar-refractivity contribution is 0.985. The van der Waals surface area contributed by atoms with Crippen LogP contribution in [0.4, 0.5) is 22.7 Å². The van der Waals surface area contributed by atoms with Crippen molar-refractivity contribution >= 4 is 22.7 Å². The fraction of sp³-hybridized carbons (Fsp3) is 0.182. The van der Waals surface area contributed by atoms with E-state index in [1.54, 1.807) is 0 Å². The van der Waals surface area contributed by atoms with E-state index in [0.717, 1.165) is 13.1 Å². The highest BCUT2D eigenvalue weighted by Crippen LogP contribution is 2.37. The lowest BCUT2D eigenvalue weighted by Gasteiger charge is -2.31. The van der Waals surface area contributed by atoms with Crippen molar-refractivity contribution in [3.63, 3.8) is 0 Å². The number of anilines is 4. The molecule has 24 heavy (non-hydrogen) atoms. The minimum absolute atomic E-state index is 0.924. The van der Waals surface area contributed by atoms with Crippen molar-refractivity contribution in [2.24, 2.45) is 0 Å². The van der Waals surface area contributed by atoms with E-state index in [1.165, 1.54) is 22.7 Å². The molecule has 122 valence electrons. The number of rotatable bonds is 6. The zero-order chi connectivity index (χ0) is 16.8. The molecule has 0 spiro atoms. The van der Waals surface area contributed by atoms with Gasteiger partial charge in [-0.15, -0.1) is 0 Å². The van der Waals surface area contributed by atoms with E-state index in [2.05, 4.69) is 109 Å². The predicted octanol–water partition coefficient (Wildman–Crippen LogP) is 6.00. The summed E-state index contributed by atoms with van der Waals surface area (Å²) >= 11 is 0. The third-order valence-corrected chi connectivity index (χ3v) is 4.23. The van der Waals surface area contributed by atoms with E-state index >= 15 is 0 Å². The van der Waals surface area contributed by atoms with E-state index in [4.69, 9.17) is 0 Å². The molecule has 0 aromatic heterocycles. The first-order valence-corrected chi connectivity index (χ1v) is 8.59. The van der Waals surface area contributed by atoms with Crippen molar-refractivity contribution in [1.29, 1.82) is 0 Å². The van der Waals surface area contributed by atoms with Crippen LogP contribution in [0.1, 0.15) is 13.8 Å². The van der Waals surface area contributed by atoms with E-state index in [0.29, 0.717) is 0 Å². The second-order valence-electron chi connectivity index (χ2n) is 5.65. The summed E-state index contributed by atoms with van der Waals surface area (Å²) in [5.74, 6) is 0. The lowest BCUT2D eigenvalue weighted by atomic mass is 10.1. The Kier molecular flexibility index (Phi) is 5.17. The normalized spacial score (nSPS) is 10.4. The molecule has 0 radical (unpaired) electrons. The van der Waals surface area contributed by atoms with E-state index in [9.17, 15) is 0 Å². The maximum atomic E-state index is 2.36. The summed E-state index contributed by atoms with van der Waals surface area (Å²) in [6.07, 6.45) is 0. The van der Waals surface area contributed by atoms with Crippen molar-refractivity contribution in [3.05, 3.63) is 84.9 Å². The topological polar surface area (TPSA) is 6.48 Å². The largest absolute Gasteiger partial charge is 0.340 e. The van der Waals surface area contributed by atoms with Crippen LogP contribution in [0, 0.1) is 0 Å². The molecule has 3 rings (SSSR count). The van der Waals surface area contributed by atoms with Crippen LogP contribution < -0.4 is 9.80 Å². The van der Waals surface area contributed by atoms with Gasteiger partial charge in [0.25, 0.3) is 0 Å². The summed E-state index contributed by atoms with van der Waals surface area (Å²) in [6, 6.07) is 29.8. The van der Waals surface area contributed by atoms with E-state index < -0.39 is 0 Å². The van der Waals surface area contributed by atoms with Gasteiger partial charge < -0.3 is 9.80 Å². The number of hydrogen-bond donors (Lipinski definition) is 0. The molecule has 0 N–H and O–H groups in total. The molecule has 3 aromatic carbocycles. The average Bonchev–Trinajstić information content (AvgIpc) is 2.66. The average molecular weight is 316 g/mol. The Morgan fingerprint density at radius 2 is 0.833 bits per heavy atom. The van der Waals surface area contributed by atoms with Crippen LogP contribution in [0.3, 0.4) is 0 Å². The molecule has 0 amide bonds. The van der Waals surface area contributed by atoms with Gasteiger partial charge in [-0.3, -0.25) is 0 Å². The molecule has 2 heteroatoms. The number of benzene rings is 3. The third-order valence-electron chi connectivity index (χ3n) is 4.23. The van der Waals surface area contributed by atoms with Crippen molar-refractivity contribution in [1.82, 2.24) is 0 Å². The Bertz CT molecular complexity index is 687. The van der Waals surface area contributed by atoms with Gasteiger partial charge in [0.2, 0.25) is 0 Å². The van der Waals surface area contributed by atoms with Gasteiger partial charge in [-0.2, -0.15) is 0 Å². The maximum Gasteiger partial charge on any atom is 0.0652 e. The molecule has 0 saturated carbocycles. The van der Waals surface area contributed by atoms with E-state index in [-0.39, 0.29) is 0 Å². The first-order valence-electron chi connectivity index (χ1n) is 8.59. The molecule has 3 aromatic rings. The molecule has 0 heterocycles. The van der Waals surface area contributed by atoms with Crippen LogP contribution in [0.15, 0.2) is 84.9 Å².